The zero-order valence-electron chi connectivity index (χ0n) is 18.7. The van der Waals surface area contributed by atoms with Crippen molar-refractivity contribution >= 4 is 22.3 Å². The minimum atomic E-state index is -0.576. The van der Waals surface area contributed by atoms with Gasteiger partial charge in [-0.25, -0.2) is 0 Å². The van der Waals surface area contributed by atoms with Crippen LogP contribution in [0, 0.1) is 0 Å². The Bertz CT molecular complexity index is 1150. The Kier molecular flexibility index (Phi) is 5.82. The summed E-state index contributed by atoms with van der Waals surface area (Å²) >= 11 is 0. The van der Waals surface area contributed by atoms with E-state index in [9.17, 15) is 9.59 Å². The Morgan fingerprint density at radius 1 is 0.719 bits per heavy atom. The summed E-state index contributed by atoms with van der Waals surface area (Å²) < 4.78 is 5.69. The predicted molar refractivity (Wildman–Crippen MR) is 128 cm³/mol. The molecule has 0 N–H and O–H groups in total. The van der Waals surface area contributed by atoms with Gasteiger partial charge < -0.3 is 4.74 Å². The van der Waals surface area contributed by atoms with Crippen LogP contribution in [0.4, 0.5) is 0 Å². The number of carbonyl (C=O) groups is 2. The molecular weight excluding hydrogens is 396 g/mol. The highest BCUT2D eigenvalue weighted by atomic mass is 16.5. The van der Waals surface area contributed by atoms with E-state index in [-0.39, 0.29) is 11.6 Å². The van der Waals surface area contributed by atoms with Crippen molar-refractivity contribution in [3.05, 3.63) is 65.7 Å². The minimum absolute atomic E-state index is 0.0608. The molecule has 0 saturated heterocycles. The molecular formula is C29H30O3. The lowest BCUT2D eigenvalue weighted by molar-refractivity contribution is -0.131. The number of ether oxygens (including phenoxy) is 1. The van der Waals surface area contributed by atoms with Gasteiger partial charge in [0.05, 0.1) is 7.11 Å². The summed E-state index contributed by atoms with van der Waals surface area (Å²) in [5.41, 5.74) is 4.54. The molecule has 0 radical (unpaired) electrons. The lowest BCUT2D eigenvalue weighted by Gasteiger charge is -2.24. The molecule has 2 fully saturated rings. The molecule has 0 unspecified atom stereocenters. The molecule has 0 atom stereocenters. The Balaban J connectivity index is 1.48. The van der Waals surface area contributed by atoms with Gasteiger partial charge in [0, 0.05) is 12.8 Å². The van der Waals surface area contributed by atoms with E-state index < -0.39 is 5.92 Å². The molecule has 0 heterocycles. The van der Waals surface area contributed by atoms with Gasteiger partial charge in [-0.1, -0.05) is 49.6 Å². The van der Waals surface area contributed by atoms with E-state index in [1.807, 2.05) is 12.1 Å². The Hall–Kier alpha value is -2.94. The van der Waals surface area contributed by atoms with Crippen molar-refractivity contribution in [3.8, 4) is 16.9 Å². The number of methoxy groups -OCH3 is 1. The highest BCUT2D eigenvalue weighted by Crippen LogP contribution is 2.40. The Labute approximate surface area is 189 Å². The number of rotatable bonds is 4. The molecule has 164 valence electrons. The van der Waals surface area contributed by atoms with Crippen LogP contribution < -0.4 is 4.74 Å². The summed E-state index contributed by atoms with van der Waals surface area (Å²) in [5.74, 6) is 1.11. The summed E-state index contributed by atoms with van der Waals surface area (Å²) in [7, 11) is 1.76. The maximum atomic E-state index is 12.4. The second kappa shape index (κ2) is 8.90. The average Bonchev–Trinajstić information content (AvgIpc) is 2.83. The molecule has 0 amide bonds. The van der Waals surface area contributed by atoms with Gasteiger partial charge >= 0.3 is 0 Å². The largest absolute Gasteiger partial charge is 0.496 e. The van der Waals surface area contributed by atoms with Gasteiger partial charge in [0.25, 0.3) is 0 Å². The molecule has 3 heteroatoms. The topological polar surface area (TPSA) is 43.4 Å². The molecule has 0 aliphatic heterocycles. The first-order valence-corrected chi connectivity index (χ1v) is 11.9. The van der Waals surface area contributed by atoms with Crippen LogP contribution in [0.2, 0.25) is 0 Å². The zero-order chi connectivity index (χ0) is 22.1. The van der Waals surface area contributed by atoms with Gasteiger partial charge in [0.1, 0.15) is 23.2 Å². The molecule has 2 saturated carbocycles. The fourth-order valence-electron chi connectivity index (χ4n) is 5.55. The third kappa shape index (κ3) is 3.97. The molecule has 3 nitrogen and oxygen atoms in total. The van der Waals surface area contributed by atoms with Crippen molar-refractivity contribution in [3.63, 3.8) is 0 Å². The molecule has 3 aromatic carbocycles. The van der Waals surface area contributed by atoms with Crippen LogP contribution in [-0.2, 0) is 9.59 Å². The molecule has 0 aromatic heterocycles. The van der Waals surface area contributed by atoms with Crippen LogP contribution in [0.5, 0.6) is 5.75 Å². The monoisotopic (exact) mass is 426 g/mol. The summed E-state index contributed by atoms with van der Waals surface area (Å²) in [6, 6.07) is 19.0. The summed E-state index contributed by atoms with van der Waals surface area (Å²) in [6.07, 6.45) is 8.10. The highest BCUT2D eigenvalue weighted by molar-refractivity contribution is 6.10. The van der Waals surface area contributed by atoms with Crippen LogP contribution in [0.3, 0.4) is 0 Å². The molecule has 32 heavy (non-hydrogen) atoms. The summed E-state index contributed by atoms with van der Waals surface area (Å²) in [5, 5.41) is 2.19. The van der Waals surface area contributed by atoms with E-state index >= 15 is 0 Å². The van der Waals surface area contributed by atoms with Gasteiger partial charge in [-0.15, -0.1) is 0 Å². The second-order valence-corrected chi connectivity index (χ2v) is 9.33. The highest BCUT2D eigenvalue weighted by Gasteiger charge is 2.31. The maximum Gasteiger partial charge on any atom is 0.147 e. The second-order valence-electron chi connectivity index (χ2n) is 9.33. The van der Waals surface area contributed by atoms with Gasteiger partial charge in [-0.05, 0) is 82.5 Å². The van der Waals surface area contributed by atoms with Gasteiger partial charge in [0.15, 0.2) is 0 Å². The van der Waals surface area contributed by atoms with Gasteiger partial charge in [0.2, 0.25) is 0 Å². The van der Waals surface area contributed by atoms with Crippen molar-refractivity contribution in [1.29, 1.82) is 0 Å². The van der Waals surface area contributed by atoms with E-state index in [1.165, 1.54) is 48.8 Å². The standard InChI is InChI=1S/C29H30O3/c1-32-28-15-14-23(18-25(28)19-6-3-2-4-7-19)21-10-11-22-17-24(13-12-20(22)16-21)29-26(30)8-5-9-27(29)31/h10-19,29H,2-9H2,1H3. The van der Waals surface area contributed by atoms with Crippen molar-refractivity contribution in [2.75, 3.05) is 7.11 Å². The fraction of sp³-hybridized carbons (Fsp3) is 0.379. The van der Waals surface area contributed by atoms with Gasteiger partial charge in [-0.3, -0.25) is 9.59 Å². The van der Waals surface area contributed by atoms with Crippen LogP contribution in [0.25, 0.3) is 21.9 Å². The number of Topliss-reactive ketones (excluding diaryl/α,β-unsaturated/α-hetero) is 2. The van der Waals surface area contributed by atoms with Crippen LogP contribution >= 0.6 is 0 Å². The van der Waals surface area contributed by atoms with Crippen molar-refractivity contribution in [1.82, 2.24) is 0 Å². The number of hydrogen-bond donors (Lipinski definition) is 0. The van der Waals surface area contributed by atoms with Crippen LogP contribution in [0.1, 0.15) is 74.3 Å². The third-order valence-electron chi connectivity index (χ3n) is 7.30. The molecule has 3 aromatic rings. The normalized spacial score (nSPS) is 18.3. The van der Waals surface area contributed by atoms with Crippen molar-refractivity contribution in [2.24, 2.45) is 0 Å². The molecule has 0 spiro atoms. The van der Waals surface area contributed by atoms with E-state index in [1.54, 1.807) is 7.11 Å². The Morgan fingerprint density at radius 2 is 1.38 bits per heavy atom. The van der Waals surface area contributed by atoms with E-state index in [4.69, 9.17) is 4.74 Å². The number of carbonyl (C=O) groups excluding carboxylic acids is 2. The smallest absolute Gasteiger partial charge is 0.147 e. The molecule has 2 aliphatic carbocycles. The first kappa shape index (κ1) is 20.9. The maximum absolute atomic E-state index is 12.4. The fourth-order valence-corrected chi connectivity index (χ4v) is 5.55. The molecule has 2 aliphatic rings. The van der Waals surface area contributed by atoms with Crippen molar-refractivity contribution < 1.29 is 14.3 Å². The van der Waals surface area contributed by atoms with E-state index in [2.05, 4.69) is 42.5 Å². The minimum Gasteiger partial charge on any atom is -0.496 e. The first-order chi connectivity index (χ1) is 15.6. The Morgan fingerprint density at radius 3 is 2.12 bits per heavy atom. The quantitative estimate of drug-likeness (QED) is 0.423. The summed E-state index contributed by atoms with van der Waals surface area (Å²) in [4.78, 5) is 24.7. The zero-order valence-corrected chi connectivity index (χ0v) is 18.7. The number of benzene rings is 3. The first-order valence-electron chi connectivity index (χ1n) is 11.9. The lowest BCUT2D eigenvalue weighted by Crippen LogP contribution is -2.26. The van der Waals surface area contributed by atoms with Gasteiger partial charge in [-0.2, -0.15) is 0 Å². The molecule has 5 rings (SSSR count). The molecule has 0 bridgehead atoms. The van der Waals surface area contributed by atoms with Crippen LogP contribution in [-0.4, -0.2) is 18.7 Å². The van der Waals surface area contributed by atoms with Crippen molar-refractivity contribution in [2.45, 2.75) is 63.2 Å². The third-order valence-corrected chi connectivity index (χ3v) is 7.30. The number of fused-ring (bicyclic) bond motifs is 1. The van der Waals surface area contributed by atoms with E-state index in [0.717, 1.165) is 22.1 Å². The number of ketones is 2. The van der Waals surface area contributed by atoms with Crippen LogP contribution in [0.15, 0.2) is 54.6 Å². The summed E-state index contributed by atoms with van der Waals surface area (Å²) in [6.45, 7) is 0. The number of hydrogen-bond acceptors (Lipinski definition) is 3. The van der Waals surface area contributed by atoms with E-state index in [0.29, 0.717) is 25.2 Å². The SMILES string of the molecule is COc1ccc(-c2ccc3cc(C4C(=O)CCCC4=O)ccc3c2)cc1C1CCCCC1. The predicted octanol–water partition coefficient (Wildman–Crippen LogP) is 6.97. The lowest BCUT2D eigenvalue weighted by atomic mass is 9.81. The average molecular weight is 427 g/mol.